The van der Waals surface area contributed by atoms with Crippen LogP contribution in [0, 0.1) is 11.8 Å². The summed E-state index contributed by atoms with van der Waals surface area (Å²) in [6, 6.07) is 10.2. The summed E-state index contributed by atoms with van der Waals surface area (Å²) in [6.07, 6.45) is 1.92. The van der Waals surface area contributed by atoms with Crippen molar-refractivity contribution >= 4 is 5.57 Å². The Morgan fingerprint density at radius 3 is 2.43 bits per heavy atom. The first-order valence-electron chi connectivity index (χ1n) is 4.59. The van der Waals surface area contributed by atoms with E-state index in [2.05, 4.69) is 37.5 Å². The molecule has 0 saturated heterocycles. The lowest BCUT2D eigenvalue weighted by Crippen LogP contribution is -1.76. The van der Waals surface area contributed by atoms with E-state index in [1.54, 1.807) is 0 Å². The van der Waals surface area contributed by atoms with Crippen LogP contribution in [-0.4, -0.2) is 0 Å². The van der Waals surface area contributed by atoms with Crippen LogP contribution in [-0.2, 0) is 0 Å². The van der Waals surface area contributed by atoms with E-state index in [1.165, 1.54) is 11.1 Å². The predicted octanol–water partition coefficient (Wildman–Crippen LogP) is 3.67. The second kappa shape index (κ2) is 5.09. The first-order valence-corrected chi connectivity index (χ1v) is 4.59. The van der Waals surface area contributed by atoms with Gasteiger partial charge < -0.3 is 0 Å². The molecule has 0 unspecified atom stereocenters. The summed E-state index contributed by atoms with van der Waals surface area (Å²) < 4.78 is 0. The zero-order chi connectivity index (χ0) is 10.4. The Bertz CT molecular complexity index is 397. The molecule has 0 heterocycles. The monoisotopic (exact) mass is 182 g/mol. The molecule has 0 aliphatic carbocycles. The molecule has 0 nitrogen and oxygen atoms in total. The molecule has 1 aromatic rings. The molecule has 0 spiro atoms. The lowest BCUT2D eigenvalue weighted by atomic mass is 10.1. The van der Waals surface area contributed by atoms with E-state index in [4.69, 9.17) is 0 Å². The Morgan fingerprint density at radius 2 is 1.86 bits per heavy atom. The van der Waals surface area contributed by atoms with Crippen LogP contribution in [0.4, 0.5) is 0 Å². The Hall–Kier alpha value is -1.74. The van der Waals surface area contributed by atoms with Crippen molar-refractivity contribution in [1.82, 2.24) is 0 Å². The van der Waals surface area contributed by atoms with E-state index in [1.807, 2.05) is 31.2 Å². The molecular formula is C14H14. The normalized spacial score (nSPS) is 10.3. The molecular weight excluding hydrogens is 168 g/mol. The van der Waals surface area contributed by atoms with E-state index < -0.39 is 0 Å². The Kier molecular flexibility index (Phi) is 3.76. The standard InChI is InChI=1S/C14H14/c1-12(2)8-7-9-13(3)14-10-5-4-6-11-14/h4-6,9-11H,1H2,2-3H3. The second-order valence-electron chi connectivity index (χ2n) is 3.24. The molecule has 0 fully saturated rings. The van der Waals surface area contributed by atoms with E-state index in [0.29, 0.717) is 0 Å². The molecule has 0 heteroatoms. The lowest BCUT2D eigenvalue weighted by molar-refractivity contribution is 1.57. The number of hydrogen-bond acceptors (Lipinski definition) is 0. The highest BCUT2D eigenvalue weighted by Gasteiger charge is 1.90. The number of allylic oxidation sites excluding steroid dienone is 3. The predicted molar refractivity (Wildman–Crippen MR) is 62.7 cm³/mol. The highest BCUT2D eigenvalue weighted by atomic mass is 13.9. The average Bonchev–Trinajstić information content (AvgIpc) is 2.18. The molecule has 0 aliphatic heterocycles. The zero-order valence-electron chi connectivity index (χ0n) is 8.67. The first-order chi connectivity index (χ1) is 6.70. The molecule has 0 bridgehead atoms. The highest BCUT2D eigenvalue weighted by Crippen LogP contribution is 2.11. The van der Waals surface area contributed by atoms with Gasteiger partial charge in [-0.3, -0.25) is 0 Å². The van der Waals surface area contributed by atoms with Gasteiger partial charge in [0, 0.05) is 0 Å². The minimum absolute atomic E-state index is 0.891. The summed E-state index contributed by atoms with van der Waals surface area (Å²) in [5.41, 5.74) is 3.28. The van der Waals surface area contributed by atoms with E-state index in [0.717, 1.165) is 5.57 Å². The maximum Gasteiger partial charge on any atom is -0.00790 e. The average molecular weight is 182 g/mol. The molecule has 1 rings (SSSR count). The van der Waals surface area contributed by atoms with E-state index in [-0.39, 0.29) is 0 Å². The van der Waals surface area contributed by atoms with Gasteiger partial charge in [-0.25, -0.2) is 0 Å². The van der Waals surface area contributed by atoms with Gasteiger partial charge >= 0.3 is 0 Å². The molecule has 0 aliphatic rings. The summed E-state index contributed by atoms with van der Waals surface area (Å²) >= 11 is 0. The van der Waals surface area contributed by atoms with Crippen LogP contribution in [0.1, 0.15) is 19.4 Å². The van der Waals surface area contributed by atoms with Crippen molar-refractivity contribution < 1.29 is 0 Å². The van der Waals surface area contributed by atoms with Crippen molar-refractivity contribution in [3.63, 3.8) is 0 Å². The van der Waals surface area contributed by atoms with Crippen LogP contribution >= 0.6 is 0 Å². The van der Waals surface area contributed by atoms with Crippen LogP contribution in [0.2, 0.25) is 0 Å². The van der Waals surface area contributed by atoms with Crippen molar-refractivity contribution in [3.05, 3.63) is 54.1 Å². The van der Waals surface area contributed by atoms with Gasteiger partial charge in [-0.15, -0.1) is 0 Å². The Balaban J connectivity index is 2.82. The maximum absolute atomic E-state index is 3.72. The fourth-order valence-corrected chi connectivity index (χ4v) is 1.05. The number of hydrogen-bond donors (Lipinski definition) is 0. The highest BCUT2D eigenvalue weighted by molar-refractivity contribution is 5.66. The maximum atomic E-state index is 3.72. The molecule has 0 amide bonds. The molecule has 0 aromatic heterocycles. The Morgan fingerprint density at radius 1 is 1.21 bits per heavy atom. The topological polar surface area (TPSA) is 0 Å². The summed E-state index contributed by atoms with van der Waals surface area (Å²) in [5, 5.41) is 0. The van der Waals surface area contributed by atoms with Crippen molar-refractivity contribution in [2.45, 2.75) is 13.8 Å². The second-order valence-corrected chi connectivity index (χ2v) is 3.24. The molecule has 0 atom stereocenters. The zero-order valence-corrected chi connectivity index (χ0v) is 8.67. The van der Waals surface area contributed by atoms with Crippen molar-refractivity contribution in [1.29, 1.82) is 0 Å². The van der Waals surface area contributed by atoms with E-state index in [9.17, 15) is 0 Å². The summed E-state index contributed by atoms with van der Waals surface area (Å²) in [5.74, 6) is 5.90. The number of benzene rings is 1. The van der Waals surface area contributed by atoms with Crippen molar-refractivity contribution in [2.75, 3.05) is 0 Å². The van der Waals surface area contributed by atoms with Crippen LogP contribution < -0.4 is 0 Å². The smallest absolute Gasteiger partial charge is 0.00790 e. The molecule has 0 saturated carbocycles. The lowest BCUT2D eigenvalue weighted by Gasteiger charge is -1.97. The molecule has 14 heavy (non-hydrogen) atoms. The van der Waals surface area contributed by atoms with Gasteiger partial charge in [0.1, 0.15) is 0 Å². The minimum Gasteiger partial charge on any atom is -0.0877 e. The first kappa shape index (κ1) is 10.3. The SMILES string of the molecule is C=C(C)C#CC=C(C)c1ccccc1. The van der Waals surface area contributed by atoms with Crippen molar-refractivity contribution in [2.24, 2.45) is 0 Å². The minimum atomic E-state index is 0.891. The van der Waals surface area contributed by atoms with Gasteiger partial charge in [-0.05, 0) is 36.6 Å². The van der Waals surface area contributed by atoms with Gasteiger partial charge in [-0.2, -0.15) is 0 Å². The van der Waals surface area contributed by atoms with Crippen LogP contribution in [0.25, 0.3) is 5.57 Å². The molecule has 0 radical (unpaired) electrons. The summed E-state index contributed by atoms with van der Waals surface area (Å²) in [7, 11) is 0. The summed E-state index contributed by atoms with van der Waals surface area (Å²) in [6.45, 7) is 7.68. The third-order valence-corrected chi connectivity index (χ3v) is 1.80. The molecule has 1 aromatic carbocycles. The van der Waals surface area contributed by atoms with Crippen LogP contribution in [0.15, 0.2) is 48.6 Å². The molecule has 70 valence electrons. The Labute approximate surface area is 86.0 Å². The third-order valence-electron chi connectivity index (χ3n) is 1.80. The van der Waals surface area contributed by atoms with Crippen LogP contribution in [0.3, 0.4) is 0 Å². The van der Waals surface area contributed by atoms with Gasteiger partial charge in [0.2, 0.25) is 0 Å². The largest absolute Gasteiger partial charge is 0.0877 e. The fraction of sp³-hybridized carbons (Fsp3) is 0.143. The van der Waals surface area contributed by atoms with Crippen LogP contribution in [0.5, 0.6) is 0 Å². The fourth-order valence-electron chi connectivity index (χ4n) is 1.05. The third kappa shape index (κ3) is 3.33. The van der Waals surface area contributed by atoms with Gasteiger partial charge in [0.05, 0.1) is 0 Å². The number of rotatable bonds is 1. The summed E-state index contributed by atoms with van der Waals surface area (Å²) in [4.78, 5) is 0. The quantitative estimate of drug-likeness (QED) is 0.581. The molecule has 0 N–H and O–H groups in total. The van der Waals surface area contributed by atoms with E-state index >= 15 is 0 Å². The van der Waals surface area contributed by atoms with Gasteiger partial charge in [0.15, 0.2) is 0 Å². The van der Waals surface area contributed by atoms with Gasteiger partial charge in [0.25, 0.3) is 0 Å². The van der Waals surface area contributed by atoms with Gasteiger partial charge in [-0.1, -0.05) is 48.8 Å². The van der Waals surface area contributed by atoms with Crippen molar-refractivity contribution in [3.8, 4) is 11.8 Å².